The molecule has 0 bridgehead atoms. The van der Waals surface area contributed by atoms with Crippen molar-refractivity contribution < 1.29 is 14.2 Å². The van der Waals surface area contributed by atoms with Crippen LogP contribution in [0, 0.1) is 11.8 Å². The SMILES string of the molecule is C=Cc1nc2c3c(c4ccccc4c2nc1/C=C\C)OC(C)(C)C1CCC(C)CC31.CCOF. The van der Waals surface area contributed by atoms with E-state index < -0.39 is 0 Å². The van der Waals surface area contributed by atoms with Crippen LogP contribution in [0.15, 0.2) is 36.9 Å². The van der Waals surface area contributed by atoms with Crippen LogP contribution in [0.3, 0.4) is 0 Å². The molecule has 4 nitrogen and oxygen atoms in total. The maximum Gasteiger partial charge on any atom is 0.133 e. The van der Waals surface area contributed by atoms with Gasteiger partial charge in [0.15, 0.2) is 0 Å². The summed E-state index contributed by atoms with van der Waals surface area (Å²) in [4.78, 5) is 13.3. The van der Waals surface area contributed by atoms with E-state index in [1.807, 2.05) is 25.2 Å². The summed E-state index contributed by atoms with van der Waals surface area (Å²) in [6.07, 6.45) is 9.49. The van der Waals surface area contributed by atoms with Crippen molar-refractivity contribution in [3.05, 3.63) is 53.9 Å². The molecule has 1 aliphatic heterocycles. The average Bonchev–Trinajstić information content (AvgIpc) is 2.83. The zero-order valence-corrected chi connectivity index (χ0v) is 20.9. The minimum absolute atomic E-state index is 0.153. The molecule has 0 spiro atoms. The lowest BCUT2D eigenvalue weighted by Gasteiger charge is -2.49. The zero-order chi connectivity index (χ0) is 24.5. The summed E-state index contributed by atoms with van der Waals surface area (Å²) in [5.74, 6) is 2.67. The molecule has 1 aromatic heterocycles. The predicted octanol–water partition coefficient (Wildman–Crippen LogP) is 8.06. The molecule has 2 heterocycles. The number of nitrogens with zero attached hydrogens (tertiary/aromatic N) is 2. The van der Waals surface area contributed by atoms with Crippen LogP contribution in [0.1, 0.15) is 76.8 Å². The molecule has 2 aliphatic rings. The molecular weight excluding hydrogens is 427 g/mol. The first-order valence-corrected chi connectivity index (χ1v) is 12.3. The summed E-state index contributed by atoms with van der Waals surface area (Å²) in [6.45, 7) is 14.7. The van der Waals surface area contributed by atoms with E-state index in [9.17, 15) is 4.53 Å². The van der Waals surface area contributed by atoms with E-state index in [0.29, 0.717) is 17.8 Å². The van der Waals surface area contributed by atoms with E-state index in [0.717, 1.165) is 38.9 Å². The van der Waals surface area contributed by atoms with Crippen LogP contribution < -0.4 is 4.74 Å². The molecule has 1 saturated carbocycles. The third-order valence-electron chi connectivity index (χ3n) is 7.25. The summed E-state index contributed by atoms with van der Waals surface area (Å²) < 4.78 is 17.0. The zero-order valence-electron chi connectivity index (χ0n) is 20.9. The van der Waals surface area contributed by atoms with E-state index >= 15 is 0 Å². The lowest BCUT2D eigenvalue weighted by molar-refractivity contribution is -0.125. The summed E-state index contributed by atoms with van der Waals surface area (Å²) in [5, 5.41) is 2.26. The normalized spacial score (nSPS) is 23.1. The Morgan fingerprint density at radius 3 is 2.47 bits per heavy atom. The third kappa shape index (κ3) is 4.22. The van der Waals surface area contributed by atoms with Crippen molar-refractivity contribution in [2.75, 3.05) is 6.61 Å². The van der Waals surface area contributed by atoms with Gasteiger partial charge in [0.05, 0.1) is 29.0 Å². The van der Waals surface area contributed by atoms with Crippen LogP contribution in [0.5, 0.6) is 5.75 Å². The summed E-state index contributed by atoms with van der Waals surface area (Å²) in [7, 11) is 0. The highest BCUT2D eigenvalue weighted by molar-refractivity contribution is 6.09. The van der Waals surface area contributed by atoms with Crippen LogP contribution in [0.2, 0.25) is 0 Å². The Morgan fingerprint density at radius 1 is 1.15 bits per heavy atom. The van der Waals surface area contributed by atoms with Gasteiger partial charge in [0, 0.05) is 22.3 Å². The monoisotopic (exact) mass is 462 g/mol. The van der Waals surface area contributed by atoms with Gasteiger partial charge in [-0.3, -0.25) is 0 Å². The number of fused-ring (bicyclic) bond motifs is 8. The first kappa shape index (κ1) is 24.3. The molecule has 5 heteroatoms. The van der Waals surface area contributed by atoms with E-state index in [4.69, 9.17) is 14.7 Å². The van der Waals surface area contributed by atoms with Crippen molar-refractivity contribution in [2.24, 2.45) is 11.8 Å². The van der Waals surface area contributed by atoms with Crippen LogP contribution in [-0.2, 0) is 4.94 Å². The van der Waals surface area contributed by atoms with E-state index in [1.165, 1.54) is 24.8 Å². The molecule has 3 atom stereocenters. The van der Waals surface area contributed by atoms with Crippen molar-refractivity contribution in [3.63, 3.8) is 0 Å². The third-order valence-corrected chi connectivity index (χ3v) is 7.25. The Hall–Kier alpha value is -2.79. The number of hydrogen-bond donors (Lipinski definition) is 0. The Morgan fingerprint density at radius 2 is 1.82 bits per heavy atom. The Bertz CT molecular complexity index is 1230. The molecule has 2 aromatic carbocycles. The van der Waals surface area contributed by atoms with Crippen molar-refractivity contribution in [3.8, 4) is 5.75 Å². The number of aromatic nitrogens is 2. The summed E-state index contributed by atoms with van der Waals surface area (Å²) >= 11 is 0. The van der Waals surface area contributed by atoms with Crippen molar-refractivity contribution in [1.82, 2.24) is 9.97 Å². The Labute approximate surface area is 201 Å². The molecule has 180 valence electrons. The lowest BCUT2D eigenvalue weighted by Crippen LogP contribution is -2.46. The quantitative estimate of drug-likeness (QED) is 0.369. The topological polar surface area (TPSA) is 44.2 Å². The fourth-order valence-electron chi connectivity index (χ4n) is 5.73. The first-order chi connectivity index (χ1) is 16.4. The molecule has 5 rings (SSSR count). The van der Waals surface area contributed by atoms with Gasteiger partial charge in [0.25, 0.3) is 0 Å². The summed E-state index contributed by atoms with van der Waals surface area (Å²) in [6, 6.07) is 8.49. The maximum atomic E-state index is 10.2. The van der Waals surface area contributed by atoms with Crippen LogP contribution in [0.4, 0.5) is 4.53 Å². The van der Waals surface area contributed by atoms with Crippen LogP contribution in [0.25, 0.3) is 34.0 Å². The molecule has 1 fully saturated rings. The number of ether oxygens (including phenoxy) is 1. The van der Waals surface area contributed by atoms with Crippen molar-refractivity contribution >= 4 is 34.0 Å². The fourth-order valence-corrected chi connectivity index (χ4v) is 5.73. The van der Waals surface area contributed by atoms with Gasteiger partial charge in [-0.05, 0) is 69.1 Å². The molecule has 34 heavy (non-hydrogen) atoms. The second kappa shape index (κ2) is 9.83. The minimum atomic E-state index is -0.187. The number of allylic oxidation sites excluding steroid dienone is 1. The average molecular weight is 463 g/mol. The van der Waals surface area contributed by atoms with E-state index in [-0.39, 0.29) is 12.2 Å². The number of rotatable bonds is 3. The Balaban J connectivity index is 0.000000636. The molecule has 3 unspecified atom stereocenters. The van der Waals surface area contributed by atoms with Crippen LogP contribution in [-0.4, -0.2) is 22.2 Å². The molecule has 0 N–H and O–H groups in total. The van der Waals surface area contributed by atoms with Crippen molar-refractivity contribution in [1.29, 1.82) is 0 Å². The largest absolute Gasteiger partial charge is 0.487 e. The first-order valence-electron chi connectivity index (χ1n) is 12.3. The van der Waals surface area contributed by atoms with Gasteiger partial charge in [-0.15, -0.1) is 0 Å². The predicted molar refractivity (Wildman–Crippen MR) is 139 cm³/mol. The van der Waals surface area contributed by atoms with Gasteiger partial charge in [0.2, 0.25) is 0 Å². The summed E-state index contributed by atoms with van der Waals surface area (Å²) in [5.41, 5.74) is 4.75. The highest BCUT2D eigenvalue weighted by atomic mass is 19.3. The van der Waals surface area contributed by atoms with Gasteiger partial charge in [-0.25, -0.2) is 9.97 Å². The van der Waals surface area contributed by atoms with Gasteiger partial charge in [0.1, 0.15) is 11.4 Å². The number of benzene rings is 2. The molecule has 3 aromatic rings. The van der Waals surface area contributed by atoms with Crippen LogP contribution >= 0.6 is 0 Å². The van der Waals surface area contributed by atoms with E-state index in [1.54, 1.807) is 6.92 Å². The van der Waals surface area contributed by atoms with Crippen molar-refractivity contribution in [2.45, 2.75) is 65.4 Å². The number of hydrogen-bond acceptors (Lipinski definition) is 4. The minimum Gasteiger partial charge on any atom is -0.487 e. The fraction of sp³-hybridized carbons (Fsp3) is 0.448. The lowest BCUT2D eigenvalue weighted by atomic mass is 9.64. The molecular formula is C29H35FN2O2. The van der Waals surface area contributed by atoms with Gasteiger partial charge in [-0.1, -0.05) is 50.3 Å². The molecule has 1 aliphatic carbocycles. The second-order valence-corrected chi connectivity index (χ2v) is 9.92. The molecule has 0 radical (unpaired) electrons. The molecule has 0 amide bonds. The Kier molecular flexibility index (Phi) is 7.04. The maximum absolute atomic E-state index is 10.2. The highest BCUT2D eigenvalue weighted by Gasteiger charge is 2.47. The second-order valence-electron chi connectivity index (χ2n) is 9.92. The highest BCUT2D eigenvalue weighted by Crippen LogP contribution is 2.56. The standard InChI is InChI=1S/C27H30N2O.C2H5FO/c1-6-10-22-21(7-2)28-25-23-19-15-16(3)13-14-20(19)27(4,5)30-26(23)18-12-9-8-11-17(18)24(25)29-22;1-2-4-3/h6-12,16,19-20H,2,13-15H2,1,3-5H3;2H2,1H3/b10-6-;. The number of halogens is 1. The van der Waals surface area contributed by atoms with Gasteiger partial charge in [-0.2, -0.15) is 4.94 Å². The van der Waals surface area contributed by atoms with Gasteiger partial charge >= 0.3 is 0 Å². The molecule has 0 saturated heterocycles. The van der Waals surface area contributed by atoms with Gasteiger partial charge < -0.3 is 4.74 Å². The smallest absolute Gasteiger partial charge is 0.133 e. The van der Waals surface area contributed by atoms with E-state index in [2.05, 4.69) is 56.6 Å².